The molecule has 0 amide bonds. The molecule has 7 nitrogen and oxygen atoms in total. The minimum atomic E-state index is -3.50. The van der Waals surface area contributed by atoms with E-state index in [9.17, 15) is 8.42 Å². The van der Waals surface area contributed by atoms with Crippen LogP contribution in [0.3, 0.4) is 0 Å². The van der Waals surface area contributed by atoms with Crippen molar-refractivity contribution in [3.8, 4) is 0 Å². The fourth-order valence-electron chi connectivity index (χ4n) is 2.33. The monoisotopic (exact) mass is 537 g/mol. The second-order valence-corrected chi connectivity index (χ2v) is 9.56. The van der Waals surface area contributed by atoms with Crippen molar-refractivity contribution in [2.24, 2.45) is 4.99 Å². The van der Waals surface area contributed by atoms with Crippen LogP contribution < -0.4 is 10.6 Å². The molecule has 0 aliphatic heterocycles. The third-order valence-corrected chi connectivity index (χ3v) is 6.75. The molecule has 0 spiro atoms. The Morgan fingerprint density at radius 1 is 1.21 bits per heavy atom. The van der Waals surface area contributed by atoms with Gasteiger partial charge >= 0.3 is 0 Å². The van der Waals surface area contributed by atoms with Gasteiger partial charge in [0.1, 0.15) is 5.01 Å². The number of guanidine groups is 1. The number of rotatable bonds is 7. The van der Waals surface area contributed by atoms with Gasteiger partial charge in [-0.2, -0.15) is 0 Å². The molecule has 0 radical (unpaired) electrons. The van der Waals surface area contributed by atoms with Gasteiger partial charge in [0.15, 0.2) is 5.96 Å². The minimum Gasteiger partial charge on any atom is -0.352 e. The summed E-state index contributed by atoms with van der Waals surface area (Å²) in [6.07, 6.45) is 0. The number of hydrogen-bond donors (Lipinski definition) is 2. The molecule has 0 atom stereocenters. The largest absolute Gasteiger partial charge is 0.352 e. The molecule has 0 bridgehead atoms. The summed E-state index contributed by atoms with van der Waals surface area (Å²) in [7, 11) is 1.24. The molecule has 0 aliphatic rings. The zero-order valence-electron chi connectivity index (χ0n) is 16.8. The molecule has 2 aromatic rings. The van der Waals surface area contributed by atoms with E-state index in [0.29, 0.717) is 35.4 Å². The lowest BCUT2D eigenvalue weighted by atomic mass is 10.2. The first kappa shape index (κ1) is 24.8. The molecule has 0 fully saturated rings. The number of nitrogens with one attached hydrogen (secondary N) is 2. The molecular weight excluding hydrogens is 509 g/mol. The van der Waals surface area contributed by atoms with Gasteiger partial charge in [-0.15, -0.1) is 35.3 Å². The van der Waals surface area contributed by atoms with Crippen LogP contribution in [-0.4, -0.2) is 44.8 Å². The molecule has 0 unspecified atom stereocenters. The molecule has 28 heavy (non-hydrogen) atoms. The maximum absolute atomic E-state index is 12.5. The van der Waals surface area contributed by atoms with Gasteiger partial charge < -0.3 is 10.6 Å². The quantitative estimate of drug-likeness (QED) is 0.322. The Morgan fingerprint density at radius 3 is 2.43 bits per heavy atom. The van der Waals surface area contributed by atoms with E-state index in [0.717, 1.165) is 10.7 Å². The van der Waals surface area contributed by atoms with Gasteiger partial charge in [0.05, 0.1) is 17.1 Å². The first-order chi connectivity index (χ1) is 12.8. The van der Waals surface area contributed by atoms with Crippen molar-refractivity contribution in [1.82, 2.24) is 19.9 Å². The molecule has 1 aromatic heterocycles. The van der Waals surface area contributed by atoms with Crippen LogP contribution in [0.2, 0.25) is 0 Å². The number of nitrogens with zero attached hydrogens (tertiary/aromatic N) is 3. The minimum absolute atomic E-state index is 0. The van der Waals surface area contributed by atoms with Crippen molar-refractivity contribution in [3.05, 3.63) is 45.9 Å². The molecular formula is C18H28IN5O2S2. The highest BCUT2D eigenvalue weighted by molar-refractivity contribution is 14.0. The van der Waals surface area contributed by atoms with Crippen molar-refractivity contribution < 1.29 is 8.42 Å². The Bertz CT molecular complexity index is 895. The highest BCUT2D eigenvalue weighted by Crippen LogP contribution is 2.19. The van der Waals surface area contributed by atoms with Crippen LogP contribution >= 0.6 is 35.3 Å². The van der Waals surface area contributed by atoms with Gasteiger partial charge in [0.25, 0.3) is 0 Å². The topological polar surface area (TPSA) is 86.7 Å². The predicted octanol–water partition coefficient (Wildman–Crippen LogP) is 3.00. The highest BCUT2D eigenvalue weighted by Gasteiger charge is 2.20. The SMILES string of the molecule is CN=C(NCc1nc(C(C)C)cs1)NCc1ccccc1S(=O)(=O)N(C)C.I. The van der Waals surface area contributed by atoms with Crippen molar-refractivity contribution in [2.45, 2.75) is 37.8 Å². The van der Waals surface area contributed by atoms with Crippen molar-refractivity contribution in [1.29, 1.82) is 0 Å². The van der Waals surface area contributed by atoms with E-state index in [1.54, 1.807) is 36.6 Å². The standard InChI is InChI=1S/C18H27N5O2S2.HI/c1-13(2)15-12-26-17(22-15)11-21-18(19-3)20-10-14-8-6-7-9-16(14)27(24,25)23(4)5;/h6-9,12-13H,10-11H2,1-5H3,(H2,19,20,21);1H. The van der Waals surface area contributed by atoms with E-state index in [4.69, 9.17) is 0 Å². The van der Waals surface area contributed by atoms with Crippen LogP contribution in [-0.2, 0) is 23.1 Å². The summed E-state index contributed by atoms with van der Waals surface area (Å²) in [6, 6.07) is 6.96. The predicted molar refractivity (Wildman–Crippen MR) is 126 cm³/mol. The van der Waals surface area contributed by atoms with Crippen LogP contribution in [0, 0.1) is 0 Å². The summed E-state index contributed by atoms with van der Waals surface area (Å²) in [6.45, 7) is 5.14. The van der Waals surface area contributed by atoms with E-state index in [-0.39, 0.29) is 24.0 Å². The Morgan fingerprint density at radius 2 is 1.86 bits per heavy atom. The fourth-order valence-corrected chi connectivity index (χ4v) is 4.34. The molecule has 1 aromatic carbocycles. The smallest absolute Gasteiger partial charge is 0.242 e. The summed E-state index contributed by atoms with van der Waals surface area (Å²) in [4.78, 5) is 9.08. The average Bonchev–Trinajstić information content (AvgIpc) is 3.11. The summed E-state index contributed by atoms with van der Waals surface area (Å²) in [5.41, 5.74) is 1.77. The average molecular weight is 537 g/mol. The second-order valence-electron chi connectivity index (χ2n) is 6.50. The van der Waals surface area contributed by atoms with Crippen molar-refractivity contribution in [3.63, 3.8) is 0 Å². The highest BCUT2D eigenvalue weighted by atomic mass is 127. The number of aromatic nitrogens is 1. The molecule has 0 saturated heterocycles. The maximum Gasteiger partial charge on any atom is 0.242 e. The summed E-state index contributed by atoms with van der Waals surface area (Å²) in [5.74, 6) is 0.996. The Kier molecular flexibility index (Phi) is 9.81. The molecule has 2 N–H and O–H groups in total. The van der Waals surface area contributed by atoms with Gasteiger partial charge in [-0.1, -0.05) is 32.0 Å². The van der Waals surface area contributed by atoms with Gasteiger partial charge in [-0.25, -0.2) is 17.7 Å². The Labute approximate surface area is 188 Å². The molecule has 0 saturated carbocycles. The summed E-state index contributed by atoms with van der Waals surface area (Å²) in [5, 5.41) is 9.44. The van der Waals surface area contributed by atoms with E-state index in [1.165, 1.54) is 18.4 Å². The number of halogens is 1. The van der Waals surface area contributed by atoms with Crippen LogP contribution in [0.15, 0.2) is 39.5 Å². The summed E-state index contributed by atoms with van der Waals surface area (Å²) < 4.78 is 26.2. The van der Waals surface area contributed by atoms with Gasteiger partial charge in [0, 0.05) is 33.1 Å². The Balaban J connectivity index is 0.00000392. The zero-order chi connectivity index (χ0) is 20.0. The summed E-state index contributed by atoms with van der Waals surface area (Å²) >= 11 is 1.61. The number of hydrogen-bond acceptors (Lipinski definition) is 5. The Hall–Kier alpha value is -1.24. The van der Waals surface area contributed by atoms with Crippen LogP contribution in [0.25, 0.3) is 0 Å². The first-order valence-corrected chi connectivity index (χ1v) is 11.0. The lowest BCUT2D eigenvalue weighted by Crippen LogP contribution is -2.36. The number of aliphatic imine (C=N–C) groups is 1. The molecule has 10 heteroatoms. The van der Waals surface area contributed by atoms with Gasteiger partial charge in [-0.3, -0.25) is 4.99 Å². The molecule has 156 valence electrons. The van der Waals surface area contributed by atoms with E-state index in [2.05, 4.69) is 39.8 Å². The van der Waals surface area contributed by atoms with Crippen LogP contribution in [0.4, 0.5) is 0 Å². The maximum atomic E-state index is 12.5. The molecule has 0 aliphatic carbocycles. The lowest BCUT2D eigenvalue weighted by Gasteiger charge is -2.16. The number of sulfonamides is 1. The van der Waals surface area contributed by atoms with Crippen LogP contribution in [0.1, 0.15) is 36.0 Å². The van der Waals surface area contributed by atoms with Crippen molar-refractivity contribution in [2.75, 3.05) is 21.1 Å². The van der Waals surface area contributed by atoms with Crippen molar-refractivity contribution >= 4 is 51.3 Å². The lowest BCUT2D eigenvalue weighted by molar-refractivity contribution is 0.519. The first-order valence-electron chi connectivity index (χ1n) is 8.65. The van der Waals surface area contributed by atoms with Gasteiger partial charge in [0.2, 0.25) is 10.0 Å². The number of benzene rings is 1. The molecule has 2 rings (SSSR count). The third kappa shape index (κ3) is 6.39. The molecule has 1 heterocycles. The fraction of sp³-hybridized carbons (Fsp3) is 0.444. The van der Waals surface area contributed by atoms with Crippen LogP contribution in [0.5, 0.6) is 0 Å². The van der Waals surface area contributed by atoms with E-state index >= 15 is 0 Å². The van der Waals surface area contributed by atoms with E-state index in [1.807, 2.05) is 6.07 Å². The van der Waals surface area contributed by atoms with E-state index < -0.39 is 10.0 Å². The van der Waals surface area contributed by atoms with Gasteiger partial charge in [-0.05, 0) is 17.5 Å². The normalized spacial score (nSPS) is 12.2. The second kappa shape index (κ2) is 11.1. The number of thiazole rings is 1. The third-order valence-electron chi connectivity index (χ3n) is 3.97. The zero-order valence-corrected chi connectivity index (χ0v) is 20.7.